The number of hydrogen-bond acceptors (Lipinski definition) is 5. The molecule has 0 aliphatic carbocycles. The van der Waals surface area contributed by atoms with Crippen LogP contribution in [-0.4, -0.2) is 34.1 Å². The molecule has 1 aromatic carbocycles. The van der Waals surface area contributed by atoms with Crippen molar-refractivity contribution in [1.29, 1.82) is 0 Å². The standard InChI is InChI=1S/C16H23NO5S/c1-12-11-14(7-8-15(12)21-2)23(19,20)17-16(18)9-6-13-5-3-4-10-22-13/h7-8,11,13H,3-6,9-10H2,1-2H3,(H,17,18)/t13-/m0/s1. The summed E-state index contributed by atoms with van der Waals surface area (Å²) in [5.41, 5.74) is 0.693. The number of ether oxygens (including phenoxy) is 2. The van der Waals surface area contributed by atoms with Gasteiger partial charge in [0, 0.05) is 13.0 Å². The second-order valence-corrected chi connectivity index (χ2v) is 7.37. The molecule has 1 saturated heterocycles. The fourth-order valence-corrected chi connectivity index (χ4v) is 3.70. The van der Waals surface area contributed by atoms with Crippen molar-refractivity contribution in [2.45, 2.75) is 50.0 Å². The van der Waals surface area contributed by atoms with E-state index in [1.165, 1.54) is 19.2 Å². The molecule has 7 heteroatoms. The van der Waals surface area contributed by atoms with Gasteiger partial charge >= 0.3 is 0 Å². The fourth-order valence-electron chi connectivity index (χ4n) is 2.61. The summed E-state index contributed by atoms with van der Waals surface area (Å²) < 4.78 is 37.2. The lowest BCUT2D eigenvalue weighted by atomic mass is 10.0. The number of nitrogens with one attached hydrogen (secondary N) is 1. The number of amides is 1. The largest absolute Gasteiger partial charge is 0.496 e. The molecule has 2 rings (SSSR count). The summed E-state index contributed by atoms with van der Waals surface area (Å²) in [4.78, 5) is 12.0. The minimum atomic E-state index is -3.86. The number of rotatable bonds is 6. The van der Waals surface area contributed by atoms with E-state index in [9.17, 15) is 13.2 Å². The molecule has 0 radical (unpaired) electrons. The van der Waals surface area contributed by atoms with Gasteiger partial charge in [-0.3, -0.25) is 4.79 Å². The topological polar surface area (TPSA) is 81.7 Å². The summed E-state index contributed by atoms with van der Waals surface area (Å²) in [6.07, 6.45) is 3.81. The first-order chi connectivity index (χ1) is 10.9. The molecule has 1 aromatic rings. The van der Waals surface area contributed by atoms with E-state index in [-0.39, 0.29) is 17.4 Å². The molecule has 1 atom stereocenters. The van der Waals surface area contributed by atoms with E-state index >= 15 is 0 Å². The van der Waals surface area contributed by atoms with Crippen molar-refractivity contribution in [3.63, 3.8) is 0 Å². The Kier molecular flexibility index (Phi) is 6.01. The lowest BCUT2D eigenvalue weighted by Gasteiger charge is -2.22. The lowest BCUT2D eigenvalue weighted by molar-refractivity contribution is -0.120. The SMILES string of the molecule is COc1ccc(S(=O)(=O)NC(=O)CC[C@@H]2CCCCO2)cc1C. The maximum absolute atomic E-state index is 12.2. The quantitative estimate of drug-likeness (QED) is 0.857. The van der Waals surface area contributed by atoms with Gasteiger partial charge in [0.25, 0.3) is 10.0 Å². The molecule has 128 valence electrons. The van der Waals surface area contributed by atoms with E-state index in [0.29, 0.717) is 17.7 Å². The van der Waals surface area contributed by atoms with Gasteiger partial charge in [0.1, 0.15) is 5.75 Å². The van der Waals surface area contributed by atoms with Crippen LogP contribution in [0.2, 0.25) is 0 Å². The van der Waals surface area contributed by atoms with Gasteiger partial charge in [-0.1, -0.05) is 0 Å². The van der Waals surface area contributed by atoms with Crippen molar-refractivity contribution in [3.05, 3.63) is 23.8 Å². The molecule has 0 spiro atoms. The van der Waals surface area contributed by atoms with Crippen molar-refractivity contribution in [1.82, 2.24) is 4.72 Å². The van der Waals surface area contributed by atoms with Crippen LogP contribution in [0.4, 0.5) is 0 Å². The molecule has 6 nitrogen and oxygen atoms in total. The molecular weight excluding hydrogens is 318 g/mol. The van der Waals surface area contributed by atoms with Gasteiger partial charge in [-0.2, -0.15) is 0 Å². The normalized spacial score (nSPS) is 18.4. The Morgan fingerprint density at radius 3 is 2.78 bits per heavy atom. The molecule has 1 aliphatic rings. The molecule has 1 N–H and O–H groups in total. The second kappa shape index (κ2) is 7.79. The van der Waals surface area contributed by atoms with E-state index in [4.69, 9.17) is 9.47 Å². The van der Waals surface area contributed by atoms with Crippen molar-refractivity contribution in [3.8, 4) is 5.75 Å². The molecule has 1 aliphatic heterocycles. The molecule has 0 unspecified atom stereocenters. The van der Waals surface area contributed by atoms with Crippen LogP contribution in [0.15, 0.2) is 23.1 Å². The molecule has 1 heterocycles. The Labute approximate surface area is 137 Å². The Balaban J connectivity index is 1.94. The van der Waals surface area contributed by atoms with Crippen molar-refractivity contribution >= 4 is 15.9 Å². The third-order valence-corrected chi connectivity index (χ3v) is 5.26. The van der Waals surface area contributed by atoms with Crippen LogP contribution in [0.5, 0.6) is 5.75 Å². The van der Waals surface area contributed by atoms with Crippen LogP contribution < -0.4 is 9.46 Å². The number of hydrogen-bond donors (Lipinski definition) is 1. The van der Waals surface area contributed by atoms with Gasteiger partial charge in [-0.25, -0.2) is 13.1 Å². The number of sulfonamides is 1. The van der Waals surface area contributed by atoms with Crippen LogP contribution in [0.3, 0.4) is 0 Å². The van der Waals surface area contributed by atoms with Gasteiger partial charge in [0.15, 0.2) is 0 Å². The predicted molar refractivity (Wildman–Crippen MR) is 85.9 cm³/mol. The Hall–Kier alpha value is -1.60. The Morgan fingerprint density at radius 1 is 1.39 bits per heavy atom. The van der Waals surface area contributed by atoms with E-state index < -0.39 is 15.9 Å². The number of carbonyl (C=O) groups excluding carboxylic acids is 1. The monoisotopic (exact) mass is 341 g/mol. The number of benzene rings is 1. The predicted octanol–water partition coefficient (Wildman–Crippen LogP) is 2.16. The summed E-state index contributed by atoms with van der Waals surface area (Å²) in [6.45, 7) is 2.47. The van der Waals surface area contributed by atoms with E-state index in [1.54, 1.807) is 13.0 Å². The summed E-state index contributed by atoms with van der Waals surface area (Å²) in [6, 6.07) is 4.48. The minimum Gasteiger partial charge on any atom is -0.496 e. The zero-order chi connectivity index (χ0) is 16.9. The fraction of sp³-hybridized carbons (Fsp3) is 0.562. The molecule has 0 saturated carbocycles. The van der Waals surface area contributed by atoms with Gasteiger partial charge in [0.2, 0.25) is 5.91 Å². The first-order valence-corrected chi connectivity index (χ1v) is 9.22. The summed E-state index contributed by atoms with van der Waals surface area (Å²) in [5.74, 6) is 0.0948. The minimum absolute atomic E-state index is 0.0538. The Bertz CT molecular complexity index is 650. The van der Waals surface area contributed by atoms with Crippen LogP contribution in [0.1, 0.15) is 37.7 Å². The van der Waals surface area contributed by atoms with Gasteiger partial charge < -0.3 is 9.47 Å². The van der Waals surface area contributed by atoms with Crippen LogP contribution >= 0.6 is 0 Å². The highest BCUT2D eigenvalue weighted by molar-refractivity contribution is 7.90. The third-order valence-electron chi connectivity index (χ3n) is 3.89. The van der Waals surface area contributed by atoms with E-state index in [1.807, 2.05) is 0 Å². The zero-order valence-electron chi connectivity index (χ0n) is 13.5. The first-order valence-electron chi connectivity index (χ1n) is 7.74. The number of carbonyl (C=O) groups is 1. The molecule has 0 bridgehead atoms. The number of aryl methyl sites for hydroxylation is 1. The van der Waals surface area contributed by atoms with E-state index in [0.717, 1.165) is 25.9 Å². The molecule has 1 amide bonds. The van der Waals surface area contributed by atoms with Crippen LogP contribution in [0, 0.1) is 6.92 Å². The summed E-state index contributed by atoms with van der Waals surface area (Å²) in [5, 5.41) is 0. The van der Waals surface area contributed by atoms with E-state index in [2.05, 4.69) is 4.72 Å². The summed E-state index contributed by atoms with van der Waals surface area (Å²) in [7, 11) is -2.34. The first kappa shape index (κ1) is 17.7. The van der Waals surface area contributed by atoms with Crippen LogP contribution in [-0.2, 0) is 19.6 Å². The average molecular weight is 341 g/mol. The van der Waals surface area contributed by atoms with Gasteiger partial charge in [0.05, 0.1) is 18.1 Å². The van der Waals surface area contributed by atoms with Gasteiger partial charge in [-0.15, -0.1) is 0 Å². The van der Waals surface area contributed by atoms with Crippen LogP contribution in [0.25, 0.3) is 0 Å². The maximum Gasteiger partial charge on any atom is 0.264 e. The van der Waals surface area contributed by atoms with Crippen molar-refractivity contribution in [2.75, 3.05) is 13.7 Å². The second-order valence-electron chi connectivity index (χ2n) is 5.69. The molecular formula is C16H23NO5S. The highest BCUT2D eigenvalue weighted by Crippen LogP contribution is 2.21. The smallest absolute Gasteiger partial charge is 0.264 e. The molecule has 23 heavy (non-hydrogen) atoms. The molecule has 0 aromatic heterocycles. The van der Waals surface area contributed by atoms with Crippen molar-refractivity contribution in [2.24, 2.45) is 0 Å². The number of methoxy groups -OCH3 is 1. The highest BCUT2D eigenvalue weighted by atomic mass is 32.2. The maximum atomic E-state index is 12.2. The molecule has 1 fully saturated rings. The van der Waals surface area contributed by atoms with Crippen molar-refractivity contribution < 1.29 is 22.7 Å². The lowest BCUT2D eigenvalue weighted by Crippen LogP contribution is -2.31. The average Bonchev–Trinajstić information content (AvgIpc) is 2.53. The Morgan fingerprint density at radius 2 is 2.17 bits per heavy atom. The van der Waals surface area contributed by atoms with Gasteiger partial charge in [-0.05, 0) is 56.4 Å². The zero-order valence-corrected chi connectivity index (χ0v) is 14.3. The highest BCUT2D eigenvalue weighted by Gasteiger charge is 2.20. The third kappa shape index (κ3) is 4.94. The summed E-state index contributed by atoms with van der Waals surface area (Å²) >= 11 is 0.